The molecule has 0 radical (unpaired) electrons. The average Bonchev–Trinajstić information content (AvgIpc) is 2.42. The van der Waals surface area contributed by atoms with Crippen molar-refractivity contribution in [2.75, 3.05) is 26.9 Å². The highest BCUT2D eigenvalue weighted by Crippen LogP contribution is 2.12. The van der Waals surface area contributed by atoms with Gasteiger partial charge in [-0.1, -0.05) is 12.1 Å². The van der Waals surface area contributed by atoms with Gasteiger partial charge in [-0.3, -0.25) is 0 Å². The number of benzene rings is 1. The molecule has 1 aromatic rings. The molecule has 5 nitrogen and oxygen atoms in total. The minimum Gasteiger partial charge on any atom is -0.482 e. The van der Waals surface area contributed by atoms with Gasteiger partial charge in [-0.2, -0.15) is 0 Å². The van der Waals surface area contributed by atoms with Gasteiger partial charge in [0.25, 0.3) is 0 Å². The summed E-state index contributed by atoms with van der Waals surface area (Å²) in [6.07, 6.45) is -0.119. The van der Waals surface area contributed by atoms with Crippen molar-refractivity contribution in [3.63, 3.8) is 0 Å². The summed E-state index contributed by atoms with van der Waals surface area (Å²) in [5, 5.41) is 3.25. The first kappa shape index (κ1) is 16.5. The van der Waals surface area contributed by atoms with Crippen molar-refractivity contribution < 1.29 is 19.0 Å². The Labute approximate surface area is 120 Å². The van der Waals surface area contributed by atoms with Crippen LogP contribution >= 0.6 is 0 Å². The third kappa shape index (κ3) is 7.11. The lowest BCUT2D eigenvalue weighted by Gasteiger charge is -2.10. The molecule has 0 atom stereocenters. The first-order valence-corrected chi connectivity index (χ1v) is 6.72. The Morgan fingerprint density at radius 3 is 2.55 bits per heavy atom. The molecule has 0 fully saturated rings. The molecule has 0 unspecified atom stereocenters. The fourth-order valence-corrected chi connectivity index (χ4v) is 1.55. The molecule has 0 amide bonds. The normalized spacial score (nSPS) is 10.6. The maximum atomic E-state index is 11.3. The minimum absolute atomic E-state index is 0.0659. The highest BCUT2D eigenvalue weighted by Gasteiger charge is 2.06. The lowest BCUT2D eigenvalue weighted by molar-refractivity contribution is -0.149. The molecule has 0 aliphatic rings. The van der Waals surface area contributed by atoms with Gasteiger partial charge >= 0.3 is 5.97 Å². The van der Waals surface area contributed by atoms with Gasteiger partial charge in [-0.05, 0) is 31.5 Å². The predicted octanol–water partition coefficient (Wildman–Crippen LogP) is 1.75. The maximum Gasteiger partial charge on any atom is 0.344 e. The molecule has 5 heteroatoms. The number of hydrogen-bond acceptors (Lipinski definition) is 5. The zero-order chi connectivity index (χ0) is 14.8. The summed E-state index contributed by atoms with van der Waals surface area (Å²) in [7, 11) is 1.68. The van der Waals surface area contributed by atoms with Crippen molar-refractivity contribution in [3.05, 3.63) is 29.8 Å². The number of esters is 1. The molecule has 1 rings (SSSR count). The molecule has 0 heterocycles. The van der Waals surface area contributed by atoms with Crippen LogP contribution in [0.15, 0.2) is 24.3 Å². The van der Waals surface area contributed by atoms with E-state index in [0.717, 1.165) is 18.7 Å². The van der Waals surface area contributed by atoms with Crippen LogP contribution in [0, 0.1) is 0 Å². The zero-order valence-electron chi connectivity index (χ0n) is 12.3. The van der Waals surface area contributed by atoms with Crippen LogP contribution in [-0.4, -0.2) is 38.9 Å². The van der Waals surface area contributed by atoms with Gasteiger partial charge in [0.05, 0.1) is 12.7 Å². The smallest absolute Gasteiger partial charge is 0.344 e. The van der Waals surface area contributed by atoms with Crippen LogP contribution in [0.1, 0.15) is 19.4 Å². The SMILES string of the molecule is COCCNCc1ccc(OCC(=O)OC(C)C)cc1. The third-order valence-corrected chi connectivity index (χ3v) is 2.46. The standard InChI is InChI=1S/C15H23NO4/c1-12(2)20-15(17)11-19-14-6-4-13(5-7-14)10-16-8-9-18-3/h4-7,12,16H,8-11H2,1-3H3. The van der Waals surface area contributed by atoms with E-state index in [1.807, 2.05) is 38.1 Å². The summed E-state index contributed by atoms with van der Waals surface area (Å²) in [5.41, 5.74) is 1.15. The summed E-state index contributed by atoms with van der Waals surface area (Å²) in [5.74, 6) is 0.302. The predicted molar refractivity (Wildman–Crippen MR) is 76.7 cm³/mol. The molecule has 1 aromatic carbocycles. The van der Waals surface area contributed by atoms with E-state index >= 15 is 0 Å². The number of carbonyl (C=O) groups is 1. The highest BCUT2D eigenvalue weighted by molar-refractivity contribution is 5.71. The number of nitrogens with one attached hydrogen (secondary N) is 1. The Balaban J connectivity index is 2.29. The van der Waals surface area contributed by atoms with E-state index < -0.39 is 0 Å². The van der Waals surface area contributed by atoms with Crippen LogP contribution in [0.3, 0.4) is 0 Å². The van der Waals surface area contributed by atoms with Gasteiger partial charge in [0, 0.05) is 20.2 Å². The summed E-state index contributed by atoms with van der Waals surface area (Å²) < 4.78 is 15.3. The molecule has 112 valence electrons. The number of ether oxygens (including phenoxy) is 3. The van der Waals surface area contributed by atoms with E-state index in [-0.39, 0.29) is 18.7 Å². The molecule has 0 bridgehead atoms. The first-order valence-electron chi connectivity index (χ1n) is 6.72. The number of methoxy groups -OCH3 is 1. The van der Waals surface area contributed by atoms with Crippen molar-refractivity contribution >= 4 is 5.97 Å². The van der Waals surface area contributed by atoms with E-state index in [2.05, 4.69) is 5.32 Å². The average molecular weight is 281 g/mol. The van der Waals surface area contributed by atoms with E-state index in [4.69, 9.17) is 14.2 Å². The van der Waals surface area contributed by atoms with Crippen LogP contribution in [0.2, 0.25) is 0 Å². The van der Waals surface area contributed by atoms with Crippen LogP contribution in [0.5, 0.6) is 5.75 Å². The molecule has 0 aromatic heterocycles. The van der Waals surface area contributed by atoms with Crippen molar-refractivity contribution in [3.8, 4) is 5.75 Å². The zero-order valence-corrected chi connectivity index (χ0v) is 12.3. The molecule has 0 aliphatic heterocycles. The quantitative estimate of drug-likeness (QED) is 0.552. The fraction of sp³-hybridized carbons (Fsp3) is 0.533. The summed E-state index contributed by atoms with van der Waals surface area (Å²) in [4.78, 5) is 11.3. The lowest BCUT2D eigenvalue weighted by Crippen LogP contribution is -2.19. The molecule has 0 spiro atoms. The van der Waals surface area contributed by atoms with Gasteiger partial charge in [0.15, 0.2) is 6.61 Å². The lowest BCUT2D eigenvalue weighted by atomic mass is 10.2. The molecule has 20 heavy (non-hydrogen) atoms. The largest absolute Gasteiger partial charge is 0.482 e. The van der Waals surface area contributed by atoms with Crippen molar-refractivity contribution in [2.45, 2.75) is 26.5 Å². The second-order valence-electron chi connectivity index (χ2n) is 4.64. The Morgan fingerprint density at radius 1 is 1.25 bits per heavy atom. The molecular weight excluding hydrogens is 258 g/mol. The number of rotatable bonds is 9. The van der Waals surface area contributed by atoms with Crippen LogP contribution in [0.4, 0.5) is 0 Å². The summed E-state index contributed by atoms with van der Waals surface area (Å²) in [6, 6.07) is 7.61. The van der Waals surface area contributed by atoms with Crippen LogP contribution in [0.25, 0.3) is 0 Å². The monoisotopic (exact) mass is 281 g/mol. The van der Waals surface area contributed by atoms with E-state index in [0.29, 0.717) is 12.4 Å². The third-order valence-electron chi connectivity index (χ3n) is 2.46. The van der Waals surface area contributed by atoms with E-state index in [1.54, 1.807) is 7.11 Å². The van der Waals surface area contributed by atoms with Gasteiger partial charge in [-0.15, -0.1) is 0 Å². The van der Waals surface area contributed by atoms with Crippen molar-refractivity contribution in [2.24, 2.45) is 0 Å². The Kier molecular flexibility index (Phi) is 7.69. The van der Waals surface area contributed by atoms with Crippen LogP contribution < -0.4 is 10.1 Å². The Bertz CT molecular complexity index is 389. The van der Waals surface area contributed by atoms with Gasteiger partial charge in [0.2, 0.25) is 0 Å². The van der Waals surface area contributed by atoms with Crippen molar-refractivity contribution in [1.29, 1.82) is 0 Å². The molecule has 0 aliphatic carbocycles. The van der Waals surface area contributed by atoms with Gasteiger partial charge in [-0.25, -0.2) is 4.79 Å². The fourth-order valence-electron chi connectivity index (χ4n) is 1.55. The van der Waals surface area contributed by atoms with Gasteiger partial charge < -0.3 is 19.5 Å². The van der Waals surface area contributed by atoms with Gasteiger partial charge in [0.1, 0.15) is 5.75 Å². The Hall–Kier alpha value is -1.59. The summed E-state index contributed by atoms with van der Waals surface area (Å²) >= 11 is 0. The van der Waals surface area contributed by atoms with E-state index in [1.165, 1.54) is 0 Å². The maximum absolute atomic E-state index is 11.3. The highest BCUT2D eigenvalue weighted by atomic mass is 16.6. The molecule has 0 saturated carbocycles. The van der Waals surface area contributed by atoms with Crippen molar-refractivity contribution in [1.82, 2.24) is 5.32 Å². The van der Waals surface area contributed by atoms with Crippen LogP contribution in [-0.2, 0) is 20.8 Å². The number of carbonyl (C=O) groups excluding carboxylic acids is 1. The molecule has 1 N–H and O–H groups in total. The first-order chi connectivity index (χ1) is 9.61. The number of hydrogen-bond donors (Lipinski definition) is 1. The second kappa shape index (κ2) is 9.34. The topological polar surface area (TPSA) is 56.8 Å². The minimum atomic E-state index is -0.356. The second-order valence-corrected chi connectivity index (χ2v) is 4.64. The molecule has 0 saturated heterocycles. The molecular formula is C15H23NO4. The van der Waals surface area contributed by atoms with E-state index in [9.17, 15) is 4.79 Å². The summed E-state index contributed by atoms with van der Waals surface area (Å²) in [6.45, 7) is 5.84. The Morgan fingerprint density at radius 2 is 1.95 bits per heavy atom.